The predicted molar refractivity (Wildman–Crippen MR) is 100.0 cm³/mol. The lowest BCUT2D eigenvalue weighted by Crippen LogP contribution is -2.36. The molecule has 154 valence electrons. The molecular weight excluding hydrogens is 340 g/mol. The third-order valence-electron chi connectivity index (χ3n) is 3.24. The number of aromatic nitrogens is 2. The molecule has 0 aliphatic carbocycles. The first-order valence-corrected chi connectivity index (χ1v) is 9.01. The summed E-state index contributed by atoms with van der Waals surface area (Å²) in [5.41, 5.74) is 5.26. The van der Waals surface area contributed by atoms with Gasteiger partial charge in [-0.15, -0.1) is 0 Å². The highest BCUT2D eigenvalue weighted by Gasteiger charge is 2.22. The first-order valence-electron chi connectivity index (χ1n) is 9.01. The average molecular weight is 376 g/mol. The summed E-state index contributed by atoms with van der Waals surface area (Å²) in [4.78, 5) is 0. The van der Waals surface area contributed by atoms with Crippen molar-refractivity contribution in [1.82, 2.24) is 15.1 Å². The average Bonchev–Trinajstić information content (AvgIpc) is 3.16. The Labute approximate surface area is 156 Å². The Morgan fingerprint density at radius 1 is 1.27 bits per heavy atom. The molecule has 2 atom stereocenters. The maximum Gasteiger partial charge on any atom is 0.106 e. The van der Waals surface area contributed by atoms with Gasteiger partial charge < -0.3 is 35.5 Å². The summed E-state index contributed by atoms with van der Waals surface area (Å²) in [5.74, 6) is 0. The van der Waals surface area contributed by atoms with Crippen LogP contribution in [0.4, 0.5) is 0 Å². The zero-order valence-corrected chi connectivity index (χ0v) is 16.0. The fourth-order valence-corrected chi connectivity index (χ4v) is 1.99. The van der Waals surface area contributed by atoms with E-state index >= 15 is 0 Å². The molecule has 0 aromatic carbocycles. The van der Waals surface area contributed by atoms with E-state index in [1.54, 1.807) is 6.20 Å². The molecule has 9 heteroatoms. The molecule has 1 aliphatic heterocycles. The van der Waals surface area contributed by atoms with Crippen LogP contribution in [0.2, 0.25) is 0 Å². The summed E-state index contributed by atoms with van der Waals surface area (Å²) in [6.07, 6.45) is 4.53. The van der Waals surface area contributed by atoms with Crippen molar-refractivity contribution in [2.24, 2.45) is 5.73 Å². The summed E-state index contributed by atoms with van der Waals surface area (Å²) in [5, 5.41) is 24.5. The minimum atomic E-state index is -0.455. The minimum Gasteiger partial charge on any atom is -0.394 e. The summed E-state index contributed by atoms with van der Waals surface area (Å²) in [7, 11) is 3.75. The molecule has 9 nitrogen and oxygen atoms in total. The van der Waals surface area contributed by atoms with Crippen LogP contribution in [0.15, 0.2) is 18.5 Å². The number of nitrogens with zero attached hydrogens (tertiary/aromatic N) is 2. The summed E-state index contributed by atoms with van der Waals surface area (Å²) < 4.78 is 17.3. The highest BCUT2D eigenvalue weighted by atomic mass is 16.5. The van der Waals surface area contributed by atoms with Crippen LogP contribution in [0.25, 0.3) is 0 Å². The van der Waals surface area contributed by atoms with Gasteiger partial charge in [-0.2, -0.15) is 5.10 Å². The van der Waals surface area contributed by atoms with Gasteiger partial charge in [-0.1, -0.05) is 0 Å². The first kappa shape index (κ1) is 24.9. The van der Waals surface area contributed by atoms with E-state index in [1.165, 1.54) is 0 Å². The van der Waals surface area contributed by atoms with Gasteiger partial charge in [-0.3, -0.25) is 4.68 Å². The molecule has 0 bridgehead atoms. The van der Waals surface area contributed by atoms with E-state index in [1.807, 2.05) is 31.0 Å². The minimum absolute atomic E-state index is 0.0683. The van der Waals surface area contributed by atoms with Gasteiger partial charge in [-0.05, 0) is 33.0 Å². The Morgan fingerprint density at radius 2 is 1.96 bits per heavy atom. The largest absolute Gasteiger partial charge is 0.394 e. The third kappa shape index (κ3) is 14.1. The number of aliphatic hydroxyl groups is 2. The molecule has 2 rings (SSSR count). The van der Waals surface area contributed by atoms with Crippen molar-refractivity contribution in [3.05, 3.63) is 18.5 Å². The fourth-order valence-electron chi connectivity index (χ4n) is 1.99. The molecule has 26 heavy (non-hydrogen) atoms. The van der Waals surface area contributed by atoms with Crippen molar-refractivity contribution in [1.29, 1.82) is 0 Å². The van der Waals surface area contributed by atoms with Crippen molar-refractivity contribution in [2.75, 3.05) is 60.3 Å². The van der Waals surface area contributed by atoms with E-state index in [2.05, 4.69) is 10.4 Å². The van der Waals surface area contributed by atoms with Crippen LogP contribution in [0.3, 0.4) is 0 Å². The molecule has 1 aromatic rings. The van der Waals surface area contributed by atoms with Gasteiger partial charge in [0, 0.05) is 25.5 Å². The van der Waals surface area contributed by atoms with Crippen molar-refractivity contribution < 1.29 is 24.4 Å². The maximum atomic E-state index is 9.08. The van der Waals surface area contributed by atoms with Crippen LogP contribution in [-0.2, 0) is 20.8 Å². The van der Waals surface area contributed by atoms with Gasteiger partial charge in [0.15, 0.2) is 0 Å². The lowest BCUT2D eigenvalue weighted by atomic mass is 10.1. The van der Waals surface area contributed by atoms with Crippen LogP contribution in [0, 0.1) is 0 Å². The van der Waals surface area contributed by atoms with E-state index in [0.29, 0.717) is 39.6 Å². The molecule has 1 saturated heterocycles. The van der Waals surface area contributed by atoms with Gasteiger partial charge >= 0.3 is 0 Å². The molecule has 0 amide bonds. The van der Waals surface area contributed by atoms with E-state index in [0.717, 1.165) is 19.4 Å². The standard InChI is InChI=1S/C9H17N3O2.C6H12O3.C2H7N/c10-2-6-13-8-9-14-7-5-12-4-1-3-11-12;7-4-6-5(8)2-1-3-9-6;1-3-2/h1,3-4H,2,5-10H2;5-8H,1-4H2;3H,1-2H3. The van der Waals surface area contributed by atoms with Crippen molar-refractivity contribution >= 4 is 0 Å². The Bertz CT molecular complexity index is 381. The Hall–Kier alpha value is -1.07. The lowest BCUT2D eigenvalue weighted by Gasteiger charge is -2.25. The monoisotopic (exact) mass is 376 g/mol. The Balaban J connectivity index is 0.000000446. The van der Waals surface area contributed by atoms with Crippen molar-refractivity contribution in [3.8, 4) is 0 Å². The van der Waals surface area contributed by atoms with Crippen LogP contribution in [0.1, 0.15) is 12.8 Å². The fraction of sp³-hybridized carbons (Fsp3) is 0.824. The number of hydrogen-bond acceptors (Lipinski definition) is 8. The zero-order chi connectivity index (χ0) is 19.5. The molecular formula is C17H36N4O5. The van der Waals surface area contributed by atoms with Gasteiger partial charge in [0.2, 0.25) is 0 Å². The SMILES string of the molecule is CNC.NCCOCCOCCn1cccn1.OCC1OCCCC1O. The topological polar surface area (TPSA) is 124 Å². The van der Waals surface area contributed by atoms with Crippen LogP contribution >= 0.6 is 0 Å². The van der Waals surface area contributed by atoms with Gasteiger partial charge in [-0.25, -0.2) is 0 Å². The maximum absolute atomic E-state index is 9.08. The molecule has 1 aromatic heterocycles. The second-order valence-electron chi connectivity index (χ2n) is 5.58. The molecule has 0 saturated carbocycles. The molecule has 0 radical (unpaired) electrons. The van der Waals surface area contributed by atoms with E-state index < -0.39 is 6.10 Å². The van der Waals surface area contributed by atoms with Crippen molar-refractivity contribution in [2.45, 2.75) is 31.6 Å². The number of ether oxygens (including phenoxy) is 3. The second kappa shape index (κ2) is 18.7. The third-order valence-corrected chi connectivity index (χ3v) is 3.24. The van der Waals surface area contributed by atoms with Crippen LogP contribution in [-0.4, -0.2) is 92.5 Å². The van der Waals surface area contributed by atoms with Gasteiger partial charge in [0.1, 0.15) is 6.10 Å². The molecule has 1 fully saturated rings. The number of nitrogens with two attached hydrogens (primary N) is 1. The summed E-state index contributed by atoms with van der Waals surface area (Å²) in [6.45, 7) is 4.42. The normalized spacial score (nSPS) is 19.1. The summed E-state index contributed by atoms with van der Waals surface area (Å²) >= 11 is 0. The lowest BCUT2D eigenvalue weighted by molar-refractivity contribution is -0.0942. The zero-order valence-electron chi connectivity index (χ0n) is 16.0. The number of nitrogens with one attached hydrogen (secondary N) is 1. The summed E-state index contributed by atoms with van der Waals surface area (Å²) in [6, 6.07) is 1.89. The van der Waals surface area contributed by atoms with Gasteiger partial charge in [0.25, 0.3) is 0 Å². The van der Waals surface area contributed by atoms with Crippen LogP contribution < -0.4 is 11.1 Å². The van der Waals surface area contributed by atoms with Gasteiger partial charge in [0.05, 0.1) is 45.7 Å². The first-order chi connectivity index (χ1) is 12.7. The molecule has 0 spiro atoms. The molecule has 2 heterocycles. The smallest absolute Gasteiger partial charge is 0.106 e. The highest BCUT2D eigenvalue weighted by Crippen LogP contribution is 2.12. The quantitative estimate of drug-likeness (QED) is 0.414. The molecule has 2 unspecified atom stereocenters. The number of rotatable bonds is 9. The predicted octanol–water partition coefficient (Wildman–Crippen LogP) is -0.771. The number of hydrogen-bond donors (Lipinski definition) is 4. The van der Waals surface area contributed by atoms with E-state index in [9.17, 15) is 0 Å². The van der Waals surface area contributed by atoms with Crippen molar-refractivity contribution in [3.63, 3.8) is 0 Å². The highest BCUT2D eigenvalue weighted by molar-refractivity contribution is 4.77. The molecule has 5 N–H and O–H groups in total. The Morgan fingerprint density at radius 3 is 2.46 bits per heavy atom. The Kier molecular flexibility index (Phi) is 17.9. The van der Waals surface area contributed by atoms with E-state index in [4.69, 9.17) is 30.2 Å². The second-order valence-corrected chi connectivity index (χ2v) is 5.58. The van der Waals surface area contributed by atoms with Crippen LogP contribution in [0.5, 0.6) is 0 Å². The number of aliphatic hydroxyl groups excluding tert-OH is 2. The van der Waals surface area contributed by atoms with E-state index in [-0.39, 0.29) is 12.7 Å². The molecule has 1 aliphatic rings.